The molecule has 0 aromatic carbocycles. The Morgan fingerprint density at radius 3 is 2.69 bits per heavy atom. The summed E-state index contributed by atoms with van der Waals surface area (Å²) in [5, 5.41) is 22.3. The van der Waals surface area contributed by atoms with Crippen LogP contribution < -0.4 is 0 Å². The van der Waals surface area contributed by atoms with E-state index in [0.29, 0.717) is 11.1 Å². The summed E-state index contributed by atoms with van der Waals surface area (Å²) in [5.74, 6) is -3.96. The number of allylic oxidation sites excluding steroid dienone is 1. The second-order valence-electron chi connectivity index (χ2n) is 8.91. The van der Waals surface area contributed by atoms with Crippen LogP contribution in [0.2, 0.25) is 0 Å². The van der Waals surface area contributed by atoms with Crippen molar-refractivity contribution in [3.8, 4) is 0 Å². The average Bonchev–Trinajstić information content (AvgIpc) is 3.17. The number of esters is 3. The lowest BCUT2D eigenvalue weighted by atomic mass is 9.58. The zero-order chi connectivity index (χ0) is 21.3. The quantitative estimate of drug-likeness (QED) is 0.397. The Labute approximate surface area is 168 Å². The highest BCUT2D eigenvalue weighted by Crippen LogP contribution is 2.63. The Hall–Kier alpha value is -2.19. The van der Waals surface area contributed by atoms with Gasteiger partial charge in [-0.2, -0.15) is 0 Å². The predicted octanol–water partition coefficient (Wildman–Crippen LogP) is 0.657. The molecule has 3 fully saturated rings. The minimum Gasteiger partial charge on any atom is -0.469 e. The van der Waals surface area contributed by atoms with Crippen molar-refractivity contribution in [2.75, 3.05) is 7.11 Å². The number of ether oxygens (including phenoxy) is 3. The van der Waals surface area contributed by atoms with Gasteiger partial charge in [0.05, 0.1) is 31.5 Å². The van der Waals surface area contributed by atoms with Crippen LogP contribution in [-0.4, -0.2) is 58.6 Å². The van der Waals surface area contributed by atoms with E-state index in [1.807, 2.05) is 0 Å². The van der Waals surface area contributed by atoms with Crippen molar-refractivity contribution in [1.29, 1.82) is 0 Å². The number of carbonyl (C=O) groups excluding carboxylic acids is 3. The molecule has 29 heavy (non-hydrogen) atoms. The van der Waals surface area contributed by atoms with Crippen LogP contribution in [0.3, 0.4) is 0 Å². The van der Waals surface area contributed by atoms with Crippen LogP contribution in [0.15, 0.2) is 23.8 Å². The van der Waals surface area contributed by atoms with E-state index in [1.165, 1.54) is 7.11 Å². The number of hydrogen-bond acceptors (Lipinski definition) is 8. The van der Waals surface area contributed by atoms with Gasteiger partial charge in [0.15, 0.2) is 5.60 Å². The van der Waals surface area contributed by atoms with Gasteiger partial charge in [0, 0.05) is 24.2 Å². The lowest BCUT2D eigenvalue weighted by Crippen LogP contribution is -2.60. The Balaban J connectivity index is 1.93. The Kier molecular flexibility index (Phi) is 4.44. The standard InChI is InChI=1S/C21H26O8/c1-9(2)10(6-15(23)27-4)12-5-11-17-13(28-19(11)25)8-20(3,26)18(17)21(12)14(22)7-16(24)29-21/h5,10-11,13-14,17-18,22,26H,1,6-8H2,2-4H3/t10-,11-,13+,14?,17+,18+,20-,21-/m0/s1. The largest absolute Gasteiger partial charge is 0.469 e. The molecule has 8 atom stereocenters. The Bertz CT molecular complexity index is 827. The first-order valence-corrected chi connectivity index (χ1v) is 9.80. The summed E-state index contributed by atoms with van der Waals surface area (Å²) >= 11 is 0. The van der Waals surface area contributed by atoms with Gasteiger partial charge in [-0.1, -0.05) is 18.2 Å². The van der Waals surface area contributed by atoms with E-state index in [4.69, 9.17) is 14.2 Å². The van der Waals surface area contributed by atoms with Crippen LogP contribution in [0.25, 0.3) is 0 Å². The van der Waals surface area contributed by atoms with Crippen molar-refractivity contribution >= 4 is 17.9 Å². The van der Waals surface area contributed by atoms with E-state index < -0.39 is 65.0 Å². The summed E-state index contributed by atoms with van der Waals surface area (Å²) in [7, 11) is 1.27. The molecule has 0 amide bonds. The number of aliphatic hydroxyl groups excluding tert-OH is 1. The van der Waals surface area contributed by atoms with Gasteiger partial charge >= 0.3 is 17.9 Å². The van der Waals surface area contributed by atoms with Crippen molar-refractivity contribution in [2.24, 2.45) is 23.7 Å². The molecule has 0 radical (unpaired) electrons. The molecule has 2 heterocycles. The summed E-state index contributed by atoms with van der Waals surface area (Å²) in [5.41, 5.74) is -1.89. The van der Waals surface area contributed by atoms with Gasteiger partial charge < -0.3 is 24.4 Å². The topological polar surface area (TPSA) is 119 Å². The van der Waals surface area contributed by atoms with Crippen molar-refractivity contribution in [3.63, 3.8) is 0 Å². The van der Waals surface area contributed by atoms with Crippen LogP contribution in [-0.2, 0) is 28.6 Å². The summed E-state index contributed by atoms with van der Waals surface area (Å²) in [6, 6.07) is 0. The fourth-order valence-corrected chi connectivity index (χ4v) is 5.99. The van der Waals surface area contributed by atoms with Gasteiger partial charge in [-0.15, -0.1) is 0 Å². The Morgan fingerprint density at radius 1 is 1.45 bits per heavy atom. The van der Waals surface area contributed by atoms with Gasteiger partial charge in [0.1, 0.15) is 12.2 Å². The molecular weight excluding hydrogens is 380 g/mol. The van der Waals surface area contributed by atoms with Crippen LogP contribution in [0.5, 0.6) is 0 Å². The highest BCUT2D eigenvalue weighted by atomic mass is 16.6. The number of fused-ring (bicyclic) bond motifs is 1. The molecule has 0 aromatic rings. The predicted molar refractivity (Wildman–Crippen MR) is 98.1 cm³/mol. The molecule has 1 saturated carbocycles. The van der Waals surface area contributed by atoms with Gasteiger partial charge in [-0.05, 0) is 19.4 Å². The van der Waals surface area contributed by atoms with Crippen LogP contribution in [0, 0.1) is 23.7 Å². The van der Waals surface area contributed by atoms with E-state index in [1.54, 1.807) is 19.9 Å². The third-order valence-electron chi connectivity index (χ3n) is 7.03. The lowest BCUT2D eigenvalue weighted by molar-refractivity contribution is -0.173. The molecule has 2 aliphatic carbocycles. The van der Waals surface area contributed by atoms with Gasteiger partial charge in [0.2, 0.25) is 0 Å². The van der Waals surface area contributed by atoms with Crippen molar-refractivity contribution < 1.29 is 38.8 Å². The summed E-state index contributed by atoms with van der Waals surface area (Å²) in [6.07, 6.45) is -0.220. The highest BCUT2D eigenvalue weighted by molar-refractivity contribution is 5.81. The molecule has 158 valence electrons. The first-order chi connectivity index (χ1) is 13.5. The van der Waals surface area contributed by atoms with E-state index in [2.05, 4.69) is 6.58 Å². The summed E-state index contributed by atoms with van der Waals surface area (Å²) in [4.78, 5) is 36.9. The van der Waals surface area contributed by atoms with Crippen molar-refractivity contribution in [1.82, 2.24) is 0 Å². The molecule has 8 nitrogen and oxygen atoms in total. The molecule has 1 unspecified atom stereocenters. The fraction of sp³-hybridized carbons (Fsp3) is 0.667. The normalized spacial score (nSPS) is 43.5. The minimum absolute atomic E-state index is 0.0889. The maximum absolute atomic E-state index is 12.5. The maximum Gasteiger partial charge on any atom is 0.313 e. The third-order valence-corrected chi connectivity index (χ3v) is 7.03. The zero-order valence-corrected chi connectivity index (χ0v) is 16.7. The third kappa shape index (κ3) is 2.69. The first kappa shape index (κ1) is 20.1. The van der Waals surface area contributed by atoms with E-state index in [-0.39, 0.29) is 19.3 Å². The molecule has 2 aliphatic heterocycles. The average molecular weight is 406 g/mol. The first-order valence-electron chi connectivity index (χ1n) is 9.80. The fourth-order valence-electron chi connectivity index (χ4n) is 5.99. The number of methoxy groups -OCH3 is 1. The number of rotatable bonds is 4. The van der Waals surface area contributed by atoms with Gasteiger partial charge in [-0.3, -0.25) is 14.4 Å². The zero-order valence-electron chi connectivity index (χ0n) is 16.7. The second-order valence-corrected chi connectivity index (χ2v) is 8.91. The molecule has 2 saturated heterocycles. The highest BCUT2D eigenvalue weighted by Gasteiger charge is 2.73. The molecule has 4 rings (SSSR count). The van der Waals surface area contributed by atoms with E-state index >= 15 is 0 Å². The molecule has 0 bridgehead atoms. The summed E-state index contributed by atoms with van der Waals surface area (Å²) < 4.78 is 16.1. The maximum atomic E-state index is 12.5. The summed E-state index contributed by atoms with van der Waals surface area (Å²) in [6.45, 7) is 7.30. The van der Waals surface area contributed by atoms with Gasteiger partial charge in [0.25, 0.3) is 0 Å². The number of aliphatic hydroxyl groups is 2. The second kappa shape index (κ2) is 6.40. The molecule has 1 spiro atoms. The van der Waals surface area contributed by atoms with Gasteiger partial charge in [-0.25, -0.2) is 0 Å². The molecule has 2 N–H and O–H groups in total. The Morgan fingerprint density at radius 2 is 2.14 bits per heavy atom. The molecule has 4 aliphatic rings. The number of hydrogen-bond donors (Lipinski definition) is 2. The number of carbonyl (C=O) groups is 3. The van der Waals surface area contributed by atoms with E-state index in [0.717, 1.165) is 0 Å². The van der Waals surface area contributed by atoms with E-state index in [9.17, 15) is 24.6 Å². The van der Waals surface area contributed by atoms with Crippen LogP contribution in [0.4, 0.5) is 0 Å². The van der Waals surface area contributed by atoms with Crippen LogP contribution in [0.1, 0.15) is 33.1 Å². The lowest BCUT2D eigenvalue weighted by Gasteiger charge is -2.50. The van der Waals surface area contributed by atoms with Crippen LogP contribution >= 0.6 is 0 Å². The van der Waals surface area contributed by atoms with Crippen molar-refractivity contribution in [2.45, 2.75) is 56.5 Å². The molecule has 8 heteroatoms. The monoisotopic (exact) mass is 406 g/mol. The smallest absolute Gasteiger partial charge is 0.313 e. The SMILES string of the molecule is C=C(C)[C@H](CC(=O)OC)C1=C[C@@H]2C(=O)O[C@@H]3C[C@](C)(O)[C@@H]([C@H]23)[C@]12OC(=O)CC2O. The molecule has 0 aromatic heterocycles. The van der Waals surface area contributed by atoms with Crippen molar-refractivity contribution in [3.05, 3.63) is 23.8 Å². The minimum atomic E-state index is -1.55. The molecular formula is C21H26O8.